The van der Waals surface area contributed by atoms with E-state index >= 15 is 0 Å². The summed E-state index contributed by atoms with van der Waals surface area (Å²) in [6.45, 7) is 6.77. The fourth-order valence-electron chi connectivity index (χ4n) is 2.30. The van der Waals surface area contributed by atoms with Crippen LogP contribution in [0.1, 0.15) is 19.8 Å². The van der Waals surface area contributed by atoms with Crippen LogP contribution < -0.4 is 10.6 Å². The number of anilines is 1. The minimum atomic E-state index is 0. The number of nitrogens with zero attached hydrogens (tertiary/aromatic N) is 3. The normalized spacial score (nSPS) is 15.8. The minimum Gasteiger partial charge on any atom is -0.370 e. The van der Waals surface area contributed by atoms with Gasteiger partial charge in [-0.25, -0.2) is 0 Å². The summed E-state index contributed by atoms with van der Waals surface area (Å²) in [7, 11) is 0. The van der Waals surface area contributed by atoms with E-state index in [0.717, 1.165) is 50.6 Å². The molecule has 0 aliphatic carbocycles. The van der Waals surface area contributed by atoms with Gasteiger partial charge in [0.2, 0.25) is 0 Å². The molecule has 0 saturated carbocycles. The molecular formula is C15H24ClIN4. The summed E-state index contributed by atoms with van der Waals surface area (Å²) in [6.07, 6.45) is 2.26. The Morgan fingerprint density at radius 2 is 1.81 bits per heavy atom. The average Bonchev–Trinajstić information content (AvgIpc) is 2.48. The molecule has 0 aromatic heterocycles. The van der Waals surface area contributed by atoms with Gasteiger partial charge < -0.3 is 15.5 Å². The Hall–Kier alpha value is -0.690. The lowest BCUT2D eigenvalue weighted by atomic mass is 10.2. The second kappa shape index (κ2) is 9.35. The van der Waals surface area contributed by atoms with Gasteiger partial charge in [0.25, 0.3) is 0 Å². The highest BCUT2D eigenvalue weighted by atomic mass is 127. The Labute approximate surface area is 149 Å². The third-order valence-corrected chi connectivity index (χ3v) is 3.83. The van der Waals surface area contributed by atoms with Crippen LogP contribution in [-0.2, 0) is 0 Å². The van der Waals surface area contributed by atoms with Gasteiger partial charge >= 0.3 is 0 Å². The minimum absolute atomic E-state index is 0. The van der Waals surface area contributed by atoms with Gasteiger partial charge in [-0.2, -0.15) is 0 Å². The molecule has 0 radical (unpaired) electrons. The smallest absolute Gasteiger partial charge is 0.191 e. The van der Waals surface area contributed by atoms with Crippen molar-refractivity contribution in [2.45, 2.75) is 19.8 Å². The van der Waals surface area contributed by atoms with E-state index in [-0.39, 0.29) is 24.0 Å². The fraction of sp³-hybridized carbons (Fsp3) is 0.533. The standard InChI is InChI=1S/C15H23ClN4.HI/c1-2-3-8-18-15(17)20-11-9-19(10-12-20)14-6-4-13(16)5-7-14;/h4-7H,2-3,8-12H2,1H3,(H2,17,18);1H. The summed E-state index contributed by atoms with van der Waals surface area (Å²) in [5.41, 5.74) is 7.25. The first-order chi connectivity index (χ1) is 9.70. The molecule has 118 valence electrons. The third-order valence-electron chi connectivity index (χ3n) is 3.58. The van der Waals surface area contributed by atoms with Crippen LogP contribution in [0.2, 0.25) is 5.02 Å². The second-order valence-corrected chi connectivity index (χ2v) is 5.48. The Kier molecular flexibility index (Phi) is 8.18. The predicted molar refractivity (Wildman–Crippen MR) is 102 cm³/mol. The first-order valence-corrected chi connectivity index (χ1v) is 7.64. The lowest BCUT2D eigenvalue weighted by molar-refractivity contribution is 0.380. The van der Waals surface area contributed by atoms with Gasteiger partial charge in [0.15, 0.2) is 5.96 Å². The van der Waals surface area contributed by atoms with Crippen LogP contribution in [0.4, 0.5) is 5.69 Å². The number of rotatable bonds is 4. The lowest BCUT2D eigenvalue weighted by Gasteiger charge is -2.36. The molecule has 1 aliphatic heterocycles. The molecule has 1 fully saturated rings. The molecule has 0 atom stereocenters. The molecule has 1 aromatic rings. The number of benzene rings is 1. The van der Waals surface area contributed by atoms with Crippen molar-refractivity contribution in [1.82, 2.24) is 4.90 Å². The zero-order chi connectivity index (χ0) is 14.4. The maximum Gasteiger partial charge on any atom is 0.191 e. The Morgan fingerprint density at radius 3 is 2.38 bits per heavy atom. The van der Waals surface area contributed by atoms with Gasteiger partial charge in [0.1, 0.15) is 0 Å². The van der Waals surface area contributed by atoms with Gasteiger partial charge in [-0.1, -0.05) is 24.9 Å². The van der Waals surface area contributed by atoms with E-state index in [1.165, 1.54) is 5.69 Å². The average molecular weight is 423 g/mol. The highest BCUT2D eigenvalue weighted by Gasteiger charge is 2.18. The summed E-state index contributed by atoms with van der Waals surface area (Å²) < 4.78 is 0. The number of hydrogen-bond donors (Lipinski definition) is 1. The van der Waals surface area contributed by atoms with Crippen molar-refractivity contribution in [1.29, 1.82) is 0 Å². The molecule has 1 heterocycles. The van der Waals surface area contributed by atoms with Crippen LogP contribution in [0.5, 0.6) is 0 Å². The molecular weight excluding hydrogens is 399 g/mol. The molecule has 1 saturated heterocycles. The molecule has 0 amide bonds. The number of halogens is 2. The summed E-state index contributed by atoms with van der Waals surface area (Å²) in [4.78, 5) is 8.95. The third kappa shape index (κ3) is 5.54. The van der Waals surface area contributed by atoms with E-state index in [2.05, 4.69) is 33.8 Å². The molecule has 0 bridgehead atoms. The highest BCUT2D eigenvalue weighted by molar-refractivity contribution is 14.0. The first kappa shape index (κ1) is 18.4. The van der Waals surface area contributed by atoms with Crippen LogP contribution in [0.15, 0.2) is 29.3 Å². The van der Waals surface area contributed by atoms with Gasteiger partial charge in [-0.15, -0.1) is 24.0 Å². The molecule has 1 aromatic carbocycles. The molecule has 6 heteroatoms. The fourth-order valence-corrected chi connectivity index (χ4v) is 2.42. The van der Waals surface area contributed by atoms with Crippen molar-refractivity contribution in [3.8, 4) is 0 Å². The highest BCUT2D eigenvalue weighted by Crippen LogP contribution is 2.19. The van der Waals surface area contributed by atoms with Crippen LogP contribution >= 0.6 is 35.6 Å². The summed E-state index contributed by atoms with van der Waals surface area (Å²) in [5.74, 6) is 0.689. The largest absolute Gasteiger partial charge is 0.370 e. The molecule has 0 spiro atoms. The Morgan fingerprint density at radius 1 is 1.19 bits per heavy atom. The second-order valence-electron chi connectivity index (χ2n) is 5.04. The van der Waals surface area contributed by atoms with Crippen molar-refractivity contribution in [2.75, 3.05) is 37.6 Å². The van der Waals surface area contributed by atoms with Crippen molar-refractivity contribution >= 4 is 47.2 Å². The van der Waals surface area contributed by atoms with E-state index in [9.17, 15) is 0 Å². The van der Waals surface area contributed by atoms with E-state index in [1.807, 2.05) is 12.1 Å². The van der Waals surface area contributed by atoms with Gasteiger partial charge in [-0.3, -0.25) is 4.99 Å². The lowest BCUT2D eigenvalue weighted by Crippen LogP contribution is -2.51. The number of nitrogens with two attached hydrogens (primary N) is 1. The molecule has 2 rings (SSSR count). The molecule has 21 heavy (non-hydrogen) atoms. The molecule has 0 unspecified atom stereocenters. The van der Waals surface area contributed by atoms with E-state index in [0.29, 0.717) is 5.96 Å². The number of unbranched alkanes of at least 4 members (excludes halogenated alkanes) is 1. The van der Waals surface area contributed by atoms with Crippen molar-refractivity contribution in [3.63, 3.8) is 0 Å². The topological polar surface area (TPSA) is 44.9 Å². The monoisotopic (exact) mass is 422 g/mol. The number of hydrogen-bond acceptors (Lipinski definition) is 2. The maximum absolute atomic E-state index is 6.03. The van der Waals surface area contributed by atoms with E-state index < -0.39 is 0 Å². The van der Waals surface area contributed by atoms with Crippen LogP contribution in [-0.4, -0.2) is 43.6 Å². The zero-order valence-corrected chi connectivity index (χ0v) is 15.6. The number of guanidine groups is 1. The molecule has 1 aliphatic rings. The van der Waals surface area contributed by atoms with Crippen LogP contribution in [0.3, 0.4) is 0 Å². The Balaban J connectivity index is 0.00000220. The SMILES string of the molecule is CCCCN=C(N)N1CCN(c2ccc(Cl)cc2)CC1.I. The molecule has 4 nitrogen and oxygen atoms in total. The van der Waals surface area contributed by atoms with Crippen molar-refractivity contribution in [2.24, 2.45) is 10.7 Å². The zero-order valence-electron chi connectivity index (χ0n) is 12.5. The van der Waals surface area contributed by atoms with Gasteiger partial charge in [0, 0.05) is 43.4 Å². The number of aliphatic imine (C=N–C) groups is 1. The summed E-state index contributed by atoms with van der Waals surface area (Å²) in [5, 5.41) is 0.777. The van der Waals surface area contributed by atoms with Crippen LogP contribution in [0.25, 0.3) is 0 Å². The first-order valence-electron chi connectivity index (χ1n) is 7.26. The van der Waals surface area contributed by atoms with Crippen molar-refractivity contribution < 1.29 is 0 Å². The maximum atomic E-state index is 6.03. The quantitative estimate of drug-likeness (QED) is 0.351. The van der Waals surface area contributed by atoms with E-state index in [4.69, 9.17) is 17.3 Å². The van der Waals surface area contributed by atoms with E-state index in [1.54, 1.807) is 0 Å². The number of piperazine rings is 1. The van der Waals surface area contributed by atoms with Crippen molar-refractivity contribution in [3.05, 3.63) is 29.3 Å². The van der Waals surface area contributed by atoms with Gasteiger partial charge in [-0.05, 0) is 30.7 Å². The molecule has 2 N–H and O–H groups in total. The van der Waals surface area contributed by atoms with Crippen LogP contribution in [0, 0.1) is 0 Å². The predicted octanol–water partition coefficient (Wildman–Crippen LogP) is 3.19. The summed E-state index contributed by atoms with van der Waals surface area (Å²) in [6, 6.07) is 8.00. The Bertz CT molecular complexity index is 441. The summed E-state index contributed by atoms with van der Waals surface area (Å²) >= 11 is 5.92. The van der Waals surface area contributed by atoms with Gasteiger partial charge in [0.05, 0.1) is 0 Å².